The first-order chi connectivity index (χ1) is 14.4. The van der Waals surface area contributed by atoms with E-state index in [4.69, 9.17) is 17.3 Å². The van der Waals surface area contributed by atoms with Crippen LogP contribution in [0, 0.1) is 12.3 Å². The quantitative estimate of drug-likeness (QED) is 0.639. The smallest absolute Gasteiger partial charge is 0.269 e. The number of hydrogen-bond acceptors (Lipinski definition) is 5. The highest BCUT2D eigenvalue weighted by Crippen LogP contribution is 2.23. The molecule has 4 rings (SSSR count). The van der Waals surface area contributed by atoms with Gasteiger partial charge in [-0.15, -0.1) is 6.42 Å². The number of carbonyl (C=O) groups is 2. The van der Waals surface area contributed by atoms with Crippen molar-refractivity contribution in [3.05, 3.63) is 66.2 Å². The van der Waals surface area contributed by atoms with E-state index >= 15 is 0 Å². The monoisotopic (exact) mass is 403 g/mol. The number of amides is 2. The van der Waals surface area contributed by atoms with Crippen molar-refractivity contribution >= 4 is 11.8 Å². The van der Waals surface area contributed by atoms with Crippen LogP contribution in [0.4, 0.5) is 0 Å². The molecule has 1 atom stereocenters. The van der Waals surface area contributed by atoms with Gasteiger partial charge in [0.2, 0.25) is 0 Å². The number of benzene rings is 1. The Morgan fingerprint density at radius 2 is 2.13 bits per heavy atom. The zero-order valence-electron chi connectivity index (χ0n) is 16.4. The predicted octanol–water partition coefficient (Wildman–Crippen LogP) is 1.22. The molecule has 0 aliphatic carbocycles. The first kappa shape index (κ1) is 20.8. The number of nitrogens with zero attached hydrogens (tertiary/aromatic N) is 4. The van der Waals surface area contributed by atoms with Crippen LogP contribution in [-0.4, -0.2) is 56.3 Å². The first-order valence-corrected chi connectivity index (χ1v) is 9.20. The average Bonchev–Trinajstić information content (AvgIpc) is 3.35. The van der Waals surface area contributed by atoms with Gasteiger partial charge >= 0.3 is 0 Å². The van der Waals surface area contributed by atoms with Crippen molar-refractivity contribution in [3.63, 3.8) is 0 Å². The second-order valence-corrected chi connectivity index (χ2v) is 6.70. The van der Waals surface area contributed by atoms with Gasteiger partial charge < -0.3 is 15.7 Å². The summed E-state index contributed by atoms with van der Waals surface area (Å²) in [7, 11) is 1.69. The number of nitrogens with two attached hydrogens (primary N) is 1. The summed E-state index contributed by atoms with van der Waals surface area (Å²) in [4.78, 5) is 27.8. The molecular weight excluding hydrogens is 382 g/mol. The number of terminal acetylenes is 1. The van der Waals surface area contributed by atoms with E-state index in [-0.39, 0.29) is 11.6 Å². The van der Waals surface area contributed by atoms with Gasteiger partial charge in [0.15, 0.2) is 5.69 Å². The summed E-state index contributed by atoms with van der Waals surface area (Å²) in [6.07, 6.45) is 10.3. The minimum Gasteiger partial charge on any atom is -0.383 e. The summed E-state index contributed by atoms with van der Waals surface area (Å²) in [6.45, 7) is 0.694. The number of rotatable bonds is 3. The number of likely N-dealkylation sites (tertiary alicyclic amines) is 1. The fraction of sp³-hybridized carbons (Fsp3) is 0.182. The lowest BCUT2D eigenvalue weighted by Crippen LogP contribution is -2.24. The van der Waals surface area contributed by atoms with Crippen LogP contribution in [0.25, 0.3) is 16.8 Å². The molecule has 152 valence electrons. The molecule has 30 heavy (non-hydrogen) atoms. The van der Waals surface area contributed by atoms with Crippen molar-refractivity contribution in [3.8, 4) is 29.2 Å². The van der Waals surface area contributed by atoms with E-state index in [1.165, 1.54) is 4.90 Å². The zero-order valence-corrected chi connectivity index (χ0v) is 16.4. The van der Waals surface area contributed by atoms with Crippen molar-refractivity contribution in [1.29, 1.82) is 0 Å². The molecule has 3 heterocycles. The van der Waals surface area contributed by atoms with Crippen molar-refractivity contribution in [2.45, 2.75) is 12.5 Å². The zero-order chi connectivity index (χ0) is 21.7. The molecule has 0 spiro atoms. The van der Waals surface area contributed by atoms with E-state index < -0.39 is 12.0 Å². The van der Waals surface area contributed by atoms with Gasteiger partial charge in [-0.25, -0.2) is 4.68 Å². The maximum atomic E-state index is 11.7. The van der Waals surface area contributed by atoms with Crippen molar-refractivity contribution in [1.82, 2.24) is 19.7 Å². The molecule has 1 aliphatic heterocycles. The normalized spacial score (nSPS) is 15.3. The van der Waals surface area contributed by atoms with Gasteiger partial charge in [0.1, 0.15) is 6.10 Å². The third-order valence-electron chi connectivity index (χ3n) is 4.60. The standard InChI is InChI=1S/C17H12N4O.C5H9NO2/c1-2-12-5-3-7-14(9-12)21-11-15(16(20-21)17(18)22)13-6-4-8-19-10-13;1-6-3-2-4(7)5(6)8/h1,3-11H,(H2,18,22);4,7H,2-3H2,1H3. The van der Waals surface area contributed by atoms with Crippen LogP contribution in [0.2, 0.25) is 0 Å². The fourth-order valence-corrected chi connectivity index (χ4v) is 2.96. The van der Waals surface area contributed by atoms with Crippen molar-refractivity contribution in [2.24, 2.45) is 5.73 Å². The molecule has 3 aromatic rings. The molecule has 1 saturated heterocycles. The summed E-state index contributed by atoms with van der Waals surface area (Å²) in [6, 6.07) is 11.0. The third kappa shape index (κ3) is 4.54. The van der Waals surface area contributed by atoms with Gasteiger partial charge in [0.05, 0.1) is 5.69 Å². The van der Waals surface area contributed by atoms with Crippen LogP contribution in [-0.2, 0) is 4.79 Å². The van der Waals surface area contributed by atoms with E-state index in [0.717, 1.165) is 16.8 Å². The summed E-state index contributed by atoms with van der Waals surface area (Å²) in [5.41, 5.74) is 8.52. The molecule has 8 nitrogen and oxygen atoms in total. The molecular formula is C22H21N5O3. The average molecular weight is 403 g/mol. The van der Waals surface area contributed by atoms with E-state index in [9.17, 15) is 9.59 Å². The molecule has 0 saturated carbocycles. The largest absolute Gasteiger partial charge is 0.383 e. The number of aliphatic hydroxyl groups is 1. The second-order valence-electron chi connectivity index (χ2n) is 6.70. The van der Waals surface area contributed by atoms with Gasteiger partial charge in [0, 0.05) is 48.9 Å². The topological polar surface area (TPSA) is 114 Å². The number of hydrogen-bond donors (Lipinski definition) is 2. The van der Waals surface area contributed by atoms with Gasteiger partial charge in [-0.2, -0.15) is 5.10 Å². The van der Waals surface area contributed by atoms with Gasteiger partial charge in [-0.1, -0.05) is 18.1 Å². The number of carbonyl (C=O) groups excluding carboxylic acids is 2. The number of pyridine rings is 1. The predicted molar refractivity (Wildman–Crippen MR) is 112 cm³/mol. The maximum absolute atomic E-state index is 11.7. The number of aromatic nitrogens is 3. The van der Waals surface area contributed by atoms with Crippen LogP contribution >= 0.6 is 0 Å². The Morgan fingerprint density at radius 3 is 2.67 bits per heavy atom. The SMILES string of the molecule is C#Cc1cccc(-n2cc(-c3cccnc3)c(C(N)=O)n2)c1.CN1CCC(O)C1=O. The van der Waals surface area contributed by atoms with Crippen LogP contribution in [0.15, 0.2) is 55.0 Å². The highest BCUT2D eigenvalue weighted by molar-refractivity contribution is 5.97. The van der Waals surface area contributed by atoms with Gasteiger partial charge in [0.25, 0.3) is 11.8 Å². The van der Waals surface area contributed by atoms with Gasteiger partial charge in [-0.05, 0) is 30.7 Å². The Balaban J connectivity index is 0.000000269. The van der Waals surface area contributed by atoms with Crippen LogP contribution in [0.5, 0.6) is 0 Å². The molecule has 3 N–H and O–H groups in total. The Morgan fingerprint density at radius 1 is 1.33 bits per heavy atom. The molecule has 1 aromatic carbocycles. The number of primary amides is 1. The molecule has 8 heteroatoms. The van der Waals surface area contributed by atoms with E-state index in [0.29, 0.717) is 18.5 Å². The lowest BCUT2D eigenvalue weighted by molar-refractivity contribution is -0.133. The first-order valence-electron chi connectivity index (χ1n) is 9.20. The van der Waals surface area contributed by atoms with Crippen molar-refractivity contribution < 1.29 is 14.7 Å². The van der Waals surface area contributed by atoms with E-state index in [2.05, 4.69) is 16.0 Å². The molecule has 0 bridgehead atoms. The Labute approximate surface area is 174 Å². The Hall–Kier alpha value is -3.96. The summed E-state index contributed by atoms with van der Waals surface area (Å²) in [5.74, 6) is 1.83. The summed E-state index contributed by atoms with van der Waals surface area (Å²) < 4.78 is 1.59. The minimum absolute atomic E-state index is 0.148. The molecule has 1 unspecified atom stereocenters. The highest BCUT2D eigenvalue weighted by atomic mass is 16.3. The number of aliphatic hydroxyl groups excluding tert-OH is 1. The molecule has 0 radical (unpaired) electrons. The Kier molecular flexibility index (Phi) is 6.25. The maximum Gasteiger partial charge on any atom is 0.269 e. The van der Waals surface area contributed by atoms with Crippen LogP contribution in [0.3, 0.4) is 0 Å². The summed E-state index contributed by atoms with van der Waals surface area (Å²) >= 11 is 0. The van der Waals surface area contributed by atoms with E-state index in [1.54, 1.807) is 36.4 Å². The number of likely N-dealkylation sites (N-methyl/N-ethyl adjacent to an activating group) is 1. The lowest BCUT2D eigenvalue weighted by atomic mass is 10.1. The highest BCUT2D eigenvalue weighted by Gasteiger charge is 2.26. The van der Waals surface area contributed by atoms with Gasteiger partial charge in [-0.3, -0.25) is 14.6 Å². The molecule has 2 aromatic heterocycles. The van der Waals surface area contributed by atoms with Crippen LogP contribution < -0.4 is 5.73 Å². The van der Waals surface area contributed by atoms with Crippen LogP contribution in [0.1, 0.15) is 22.5 Å². The summed E-state index contributed by atoms with van der Waals surface area (Å²) in [5, 5.41) is 13.1. The fourth-order valence-electron chi connectivity index (χ4n) is 2.96. The minimum atomic E-state index is -0.722. The molecule has 2 amide bonds. The Bertz CT molecular complexity index is 1090. The van der Waals surface area contributed by atoms with E-state index in [1.807, 2.05) is 30.3 Å². The molecule has 1 fully saturated rings. The molecule has 1 aliphatic rings. The third-order valence-corrected chi connectivity index (χ3v) is 4.60. The second kappa shape index (κ2) is 9.03. The lowest BCUT2D eigenvalue weighted by Gasteiger charge is -2.04. The van der Waals surface area contributed by atoms with Crippen molar-refractivity contribution in [2.75, 3.05) is 13.6 Å².